The maximum atomic E-state index is 12.9. The monoisotopic (exact) mass is 355 g/mol. The summed E-state index contributed by atoms with van der Waals surface area (Å²) >= 11 is 0. The van der Waals surface area contributed by atoms with Crippen LogP contribution in [0.5, 0.6) is 0 Å². The van der Waals surface area contributed by atoms with Crippen LogP contribution in [0.1, 0.15) is 36.2 Å². The second kappa shape index (κ2) is 8.76. The minimum absolute atomic E-state index is 0.0622. The van der Waals surface area contributed by atoms with Gasteiger partial charge in [-0.3, -0.25) is 9.59 Å². The SMILES string of the molecule is O=C1CCN(C(=O)c2ccc3ccccc3n2)CCCC(CO)CCN1. The van der Waals surface area contributed by atoms with Gasteiger partial charge in [-0.25, -0.2) is 4.98 Å². The summed E-state index contributed by atoms with van der Waals surface area (Å²) in [6.45, 7) is 1.63. The van der Waals surface area contributed by atoms with Crippen molar-refractivity contribution in [1.82, 2.24) is 15.2 Å². The molecule has 1 fully saturated rings. The highest BCUT2D eigenvalue weighted by Gasteiger charge is 2.20. The lowest BCUT2D eigenvalue weighted by atomic mass is 10.0. The smallest absolute Gasteiger partial charge is 0.272 e. The quantitative estimate of drug-likeness (QED) is 0.863. The maximum absolute atomic E-state index is 12.9. The molecule has 1 aromatic carbocycles. The van der Waals surface area contributed by atoms with Crippen LogP contribution in [0.15, 0.2) is 36.4 Å². The number of hydrogen-bond acceptors (Lipinski definition) is 4. The largest absolute Gasteiger partial charge is 0.396 e. The fourth-order valence-electron chi connectivity index (χ4n) is 3.30. The number of rotatable bonds is 2. The van der Waals surface area contributed by atoms with Crippen molar-refractivity contribution >= 4 is 22.7 Å². The lowest BCUT2D eigenvalue weighted by Crippen LogP contribution is -2.36. The zero-order valence-electron chi connectivity index (χ0n) is 14.9. The third-order valence-corrected chi connectivity index (χ3v) is 4.89. The molecule has 1 atom stereocenters. The first kappa shape index (κ1) is 18.3. The average Bonchev–Trinajstić information content (AvgIpc) is 2.71. The molecular weight excluding hydrogens is 330 g/mol. The van der Waals surface area contributed by atoms with Crippen molar-refractivity contribution in [2.45, 2.75) is 25.7 Å². The number of aromatic nitrogens is 1. The van der Waals surface area contributed by atoms with Gasteiger partial charge in [0.25, 0.3) is 5.91 Å². The first-order chi connectivity index (χ1) is 12.7. The van der Waals surface area contributed by atoms with Gasteiger partial charge < -0.3 is 15.3 Å². The van der Waals surface area contributed by atoms with Crippen LogP contribution in [0.3, 0.4) is 0 Å². The summed E-state index contributed by atoms with van der Waals surface area (Å²) in [5, 5.41) is 13.3. The second-order valence-electron chi connectivity index (χ2n) is 6.76. The van der Waals surface area contributed by atoms with Crippen molar-refractivity contribution in [3.05, 3.63) is 42.1 Å². The van der Waals surface area contributed by atoms with Gasteiger partial charge in [-0.15, -0.1) is 0 Å². The van der Waals surface area contributed by atoms with Crippen LogP contribution in [-0.2, 0) is 4.79 Å². The van der Waals surface area contributed by atoms with Crippen LogP contribution in [0.25, 0.3) is 10.9 Å². The number of nitrogens with one attached hydrogen (secondary N) is 1. The molecule has 0 radical (unpaired) electrons. The van der Waals surface area contributed by atoms with E-state index in [2.05, 4.69) is 10.3 Å². The van der Waals surface area contributed by atoms with Gasteiger partial charge in [-0.1, -0.05) is 24.3 Å². The molecule has 3 rings (SSSR count). The maximum Gasteiger partial charge on any atom is 0.272 e. The number of amides is 2. The van der Waals surface area contributed by atoms with Gasteiger partial charge in [0.15, 0.2) is 0 Å². The van der Waals surface area contributed by atoms with Gasteiger partial charge in [0.05, 0.1) is 5.52 Å². The molecule has 6 heteroatoms. The summed E-state index contributed by atoms with van der Waals surface area (Å²) in [4.78, 5) is 31.1. The Morgan fingerprint density at radius 1 is 1.19 bits per heavy atom. The van der Waals surface area contributed by atoms with Crippen LogP contribution in [-0.4, -0.2) is 53.0 Å². The molecule has 2 aromatic rings. The Morgan fingerprint density at radius 3 is 2.88 bits per heavy atom. The Balaban J connectivity index is 1.76. The third-order valence-electron chi connectivity index (χ3n) is 4.89. The molecule has 0 saturated carbocycles. The van der Waals surface area contributed by atoms with Crippen molar-refractivity contribution in [1.29, 1.82) is 0 Å². The fourth-order valence-corrected chi connectivity index (χ4v) is 3.30. The number of carbonyl (C=O) groups excluding carboxylic acids is 2. The number of carbonyl (C=O) groups is 2. The van der Waals surface area contributed by atoms with E-state index in [1.807, 2.05) is 30.3 Å². The molecule has 2 amide bonds. The Bertz CT molecular complexity index is 778. The zero-order valence-corrected chi connectivity index (χ0v) is 14.9. The second-order valence-corrected chi connectivity index (χ2v) is 6.76. The topological polar surface area (TPSA) is 82.5 Å². The molecule has 1 aliphatic rings. The molecule has 26 heavy (non-hydrogen) atoms. The Morgan fingerprint density at radius 2 is 2.04 bits per heavy atom. The van der Waals surface area contributed by atoms with E-state index < -0.39 is 0 Å². The standard InChI is InChI=1S/C20H25N3O3/c24-14-15-4-3-12-23(13-10-19(25)21-11-9-15)20(26)18-8-7-16-5-1-2-6-17(16)22-18/h1-2,5-8,15,24H,3-4,9-14H2,(H,21,25). The Kier molecular flexibility index (Phi) is 6.17. The van der Waals surface area contributed by atoms with Crippen LogP contribution in [0.2, 0.25) is 0 Å². The molecule has 0 spiro atoms. The molecule has 1 unspecified atom stereocenters. The van der Waals surface area contributed by atoms with Crippen molar-refractivity contribution in [2.24, 2.45) is 5.92 Å². The molecular formula is C20H25N3O3. The van der Waals surface area contributed by atoms with Crippen molar-refractivity contribution in [3.63, 3.8) is 0 Å². The predicted octanol–water partition coefficient (Wildman–Crippen LogP) is 1.98. The molecule has 1 aliphatic heterocycles. The van der Waals surface area contributed by atoms with E-state index in [9.17, 15) is 14.7 Å². The molecule has 138 valence electrons. The van der Waals surface area contributed by atoms with Crippen molar-refractivity contribution in [3.8, 4) is 0 Å². The Hall–Kier alpha value is -2.47. The van der Waals surface area contributed by atoms with E-state index in [1.54, 1.807) is 11.0 Å². The lowest BCUT2D eigenvalue weighted by Gasteiger charge is -2.22. The normalized spacial score (nSPS) is 19.7. The first-order valence-electron chi connectivity index (χ1n) is 9.20. The number of benzene rings is 1. The molecule has 1 saturated heterocycles. The van der Waals surface area contributed by atoms with E-state index in [1.165, 1.54) is 0 Å². The van der Waals surface area contributed by atoms with E-state index >= 15 is 0 Å². The average molecular weight is 355 g/mol. The fraction of sp³-hybridized carbons (Fsp3) is 0.450. The molecule has 6 nitrogen and oxygen atoms in total. The van der Waals surface area contributed by atoms with Gasteiger partial charge in [0.1, 0.15) is 5.69 Å². The summed E-state index contributed by atoms with van der Waals surface area (Å²) in [6.07, 6.45) is 2.69. The van der Waals surface area contributed by atoms with Crippen LogP contribution in [0, 0.1) is 5.92 Å². The van der Waals surface area contributed by atoms with E-state index in [0.717, 1.165) is 30.2 Å². The van der Waals surface area contributed by atoms with Crippen LogP contribution < -0.4 is 5.32 Å². The summed E-state index contributed by atoms with van der Waals surface area (Å²) in [5.41, 5.74) is 1.19. The molecule has 2 heterocycles. The van der Waals surface area contributed by atoms with E-state index in [-0.39, 0.29) is 30.8 Å². The van der Waals surface area contributed by atoms with Gasteiger partial charge >= 0.3 is 0 Å². The molecule has 0 aliphatic carbocycles. The summed E-state index contributed by atoms with van der Waals surface area (Å²) in [7, 11) is 0. The minimum Gasteiger partial charge on any atom is -0.396 e. The number of fused-ring (bicyclic) bond motifs is 1. The minimum atomic E-state index is -0.150. The number of para-hydroxylation sites is 1. The van der Waals surface area contributed by atoms with Crippen molar-refractivity contribution < 1.29 is 14.7 Å². The molecule has 0 bridgehead atoms. The van der Waals surface area contributed by atoms with Crippen LogP contribution >= 0.6 is 0 Å². The zero-order chi connectivity index (χ0) is 18.4. The number of hydrogen-bond donors (Lipinski definition) is 2. The number of aliphatic hydroxyl groups excluding tert-OH is 1. The van der Waals surface area contributed by atoms with Gasteiger partial charge in [-0.05, 0) is 37.3 Å². The molecule has 1 aromatic heterocycles. The highest BCUT2D eigenvalue weighted by atomic mass is 16.3. The molecule has 2 N–H and O–H groups in total. The highest BCUT2D eigenvalue weighted by molar-refractivity contribution is 5.95. The van der Waals surface area contributed by atoms with Crippen LogP contribution in [0.4, 0.5) is 0 Å². The summed E-state index contributed by atoms with van der Waals surface area (Å²) in [6, 6.07) is 11.3. The summed E-state index contributed by atoms with van der Waals surface area (Å²) in [5.74, 6) is -0.0552. The van der Waals surface area contributed by atoms with Gasteiger partial charge in [0, 0.05) is 38.0 Å². The van der Waals surface area contributed by atoms with Crippen molar-refractivity contribution in [2.75, 3.05) is 26.2 Å². The first-order valence-corrected chi connectivity index (χ1v) is 9.20. The van der Waals surface area contributed by atoms with E-state index in [4.69, 9.17) is 0 Å². The number of aliphatic hydroxyl groups is 1. The highest BCUT2D eigenvalue weighted by Crippen LogP contribution is 2.16. The lowest BCUT2D eigenvalue weighted by molar-refractivity contribution is -0.121. The number of nitrogens with zero attached hydrogens (tertiary/aromatic N) is 2. The number of pyridine rings is 1. The third kappa shape index (κ3) is 4.58. The van der Waals surface area contributed by atoms with Gasteiger partial charge in [-0.2, -0.15) is 0 Å². The Labute approximate surface area is 153 Å². The predicted molar refractivity (Wildman–Crippen MR) is 99.7 cm³/mol. The van der Waals surface area contributed by atoms with E-state index in [0.29, 0.717) is 25.3 Å². The van der Waals surface area contributed by atoms with Gasteiger partial charge in [0.2, 0.25) is 5.91 Å². The summed E-state index contributed by atoms with van der Waals surface area (Å²) < 4.78 is 0.